The normalized spacial score (nSPS) is 11.9. The first-order valence-electron chi connectivity index (χ1n) is 6.78. The summed E-state index contributed by atoms with van der Waals surface area (Å²) in [5, 5.41) is 0. The van der Waals surface area contributed by atoms with E-state index in [4.69, 9.17) is 15.2 Å². The number of benzene rings is 2. The Morgan fingerprint density at radius 3 is 2.50 bits per heavy atom. The van der Waals surface area contributed by atoms with Gasteiger partial charge in [-0.2, -0.15) is 0 Å². The van der Waals surface area contributed by atoms with E-state index in [2.05, 4.69) is 0 Å². The van der Waals surface area contributed by atoms with Crippen LogP contribution in [0.25, 0.3) is 0 Å². The molecule has 106 valence electrons. The SMILES string of the molecule is COc1ccc(C[C@H](C)N)c(OCc2ccccc2)c1. The minimum atomic E-state index is 0.0995. The summed E-state index contributed by atoms with van der Waals surface area (Å²) in [7, 11) is 1.65. The fourth-order valence-corrected chi connectivity index (χ4v) is 2.05. The molecule has 0 spiro atoms. The van der Waals surface area contributed by atoms with Crippen LogP contribution < -0.4 is 15.2 Å². The van der Waals surface area contributed by atoms with Crippen molar-refractivity contribution in [1.82, 2.24) is 0 Å². The molecule has 2 rings (SSSR count). The van der Waals surface area contributed by atoms with E-state index in [0.29, 0.717) is 6.61 Å². The van der Waals surface area contributed by atoms with E-state index in [1.54, 1.807) is 7.11 Å². The summed E-state index contributed by atoms with van der Waals surface area (Å²) in [6.45, 7) is 2.53. The summed E-state index contributed by atoms with van der Waals surface area (Å²) in [5.41, 5.74) is 8.13. The first-order chi connectivity index (χ1) is 9.69. The fraction of sp³-hybridized carbons (Fsp3) is 0.294. The summed E-state index contributed by atoms with van der Waals surface area (Å²) < 4.78 is 11.2. The number of rotatable bonds is 6. The summed E-state index contributed by atoms with van der Waals surface area (Å²) in [4.78, 5) is 0. The lowest BCUT2D eigenvalue weighted by Gasteiger charge is -2.14. The molecule has 0 aromatic heterocycles. The van der Waals surface area contributed by atoms with Crippen molar-refractivity contribution in [2.45, 2.75) is 26.0 Å². The molecule has 1 atom stereocenters. The molecule has 0 fully saturated rings. The number of ether oxygens (including phenoxy) is 2. The number of nitrogens with two attached hydrogens (primary N) is 1. The molecule has 3 heteroatoms. The van der Waals surface area contributed by atoms with Gasteiger partial charge in [-0.05, 0) is 30.5 Å². The molecule has 0 radical (unpaired) electrons. The molecule has 2 aromatic carbocycles. The van der Waals surface area contributed by atoms with Crippen LogP contribution in [0, 0.1) is 0 Å². The molecule has 0 aliphatic heterocycles. The second-order valence-electron chi connectivity index (χ2n) is 4.93. The van der Waals surface area contributed by atoms with Crippen molar-refractivity contribution in [2.24, 2.45) is 5.73 Å². The van der Waals surface area contributed by atoms with Crippen LogP contribution in [0.15, 0.2) is 48.5 Å². The molecule has 0 bridgehead atoms. The largest absolute Gasteiger partial charge is 0.497 e. The van der Waals surface area contributed by atoms with Gasteiger partial charge in [0.25, 0.3) is 0 Å². The van der Waals surface area contributed by atoms with Gasteiger partial charge in [0.15, 0.2) is 0 Å². The standard InChI is InChI=1S/C17H21NO2/c1-13(18)10-15-8-9-16(19-2)11-17(15)20-12-14-6-4-3-5-7-14/h3-9,11,13H,10,12,18H2,1-2H3/t13-/m0/s1. The lowest BCUT2D eigenvalue weighted by atomic mass is 10.1. The van der Waals surface area contributed by atoms with Crippen LogP contribution in [0.4, 0.5) is 0 Å². The highest BCUT2D eigenvalue weighted by Crippen LogP contribution is 2.26. The van der Waals surface area contributed by atoms with Crippen molar-refractivity contribution in [3.63, 3.8) is 0 Å². The zero-order valence-corrected chi connectivity index (χ0v) is 12.0. The van der Waals surface area contributed by atoms with Gasteiger partial charge in [0, 0.05) is 12.1 Å². The highest BCUT2D eigenvalue weighted by atomic mass is 16.5. The van der Waals surface area contributed by atoms with Crippen LogP contribution in [-0.2, 0) is 13.0 Å². The Kier molecular flexibility index (Phi) is 5.02. The molecule has 2 aromatic rings. The third-order valence-corrected chi connectivity index (χ3v) is 3.05. The smallest absolute Gasteiger partial charge is 0.126 e. The second-order valence-corrected chi connectivity index (χ2v) is 4.93. The van der Waals surface area contributed by atoms with Crippen LogP contribution in [0.3, 0.4) is 0 Å². The molecule has 0 heterocycles. The van der Waals surface area contributed by atoms with E-state index in [1.165, 1.54) is 0 Å². The van der Waals surface area contributed by atoms with Crippen molar-refractivity contribution in [3.05, 3.63) is 59.7 Å². The molecular formula is C17H21NO2. The van der Waals surface area contributed by atoms with E-state index in [9.17, 15) is 0 Å². The topological polar surface area (TPSA) is 44.5 Å². The highest BCUT2D eigenvalue weighted by Gasteiger charge is 2.08. The number of hydrogen-bond donors (Lipinski definition) is 1. The summed E-state index contributed by atoms with van der Waals surface area (Å²) in [6, 6.07) is 16.1. The van der Waals surface area contributed by atoms with Crippen molar-refractivity contribution >= 4 is 0 Å². The van der Waals surface area contributed by atoms with Crippen LogP contribution >= 0.6 is 0 Å². The third kappa shape index (κ3) is 4.00. The molecule has 0 amide bonds. The molecule has 0 saturated carbocycles. The molecule has 0 unspecified atom stereocenters. The molecule has 20 heavy (non-hydrogen) atoms. The van der Waals surface area contributed by atoms with Gasteiger partial charge in [-0.3, -0.25) is 0 Å². The van der Waals surface area contributed by atoms with Gasteiger partial charge < -0.3 is 15.2 Å². The van der Waals surface area contributed by atoms with Crippen molar-refractivity contribution in [2.75, 3.05) is 7.11 Å². The van der Waals surface area contributed by atoms with Crippen LogP contribution in [0.1, 0.15) is 18.1 Å². The Bertz CT molecular complexity index is 538. The van der Waals surface area contributed by atoms with E-state index in [1.807, 2.05) is 55.5 Å². The summed E-state index contributed by atoms with van der Waals surface area (Å²) >= 11 is 0. The quantitative estimate of drug-likeness (QED) is 0.877. The van der Waals surface area contributed by atoms with Gasteiger partial charge in [0.05, 0.1) is 7.11 Å². The molecule has 0 aliphatic rings. The average molecular weight is 271 g/mol. The molecule has 0 aliphatic carbocycles. The van der Waals surface area contributed by atoms with Crippen molar-refractivity contribution in [1.29, 1.82) is 0 Å². The monoisotopic (exact) mass is 271 g/mol. The Hall–Kier alpha value is -2.00. The van der Waals surface area contributed by atoms with E-state index < -0.39 is 0 Å². The fourth-order valence-electron chi connectivity index (χ4n) is 2.05. The Morgan fingerprint density at radius 2 is 1.85 bits per heavy atom. The van der Waals surface area contributed by atoms with Crippen molar-refractivity contribution < 1.29 is 9.47 Å². The van der Waals surface area contributed by atoms with Gasteiger partial charge in [-0.15, -0.1) is 0 Å². The zero-order chi connectivity index (χ0) is 14.4. The molecule has 3 nitrogen and oxygen atoms in total. The third-order valence-electron chi connectivity index (χ3n) is 3.05. The Labute approximate surface area is 120 Å². The van der Waals surface area contributed by atoms with E-state index in [0.717, 1.165) is 29.0 Å². The maximum atomic E-state index is 5.93. The van der Waals surface area contributed by atoms with Gasteiger partial charge in [-0.25, -0.2) is 0 Å². The molecule has 0 saturated heterocycles. The molecular weight excluding hydrogens is 250 g/mol. The Morgan fingerprint density at radius 1 is 1.10 bits per heavy atom. The zero-order valence-electron chi connectivity index (χ0n) is 12.0. The Balaban J connectivity index is 2.15. The first-order valence-corrected chi connectivity index (χ1v) is 6.78. The number of hydrogen-bond acceptors (Lipinski definition) is 3. The van der Waals surface area contributed by atoms with E-state index in [-0.39, 0.29) is 6.04 Å². The molecule has 2 N–H and O–H groups in total. The predicted molar refractivity (Wildman–Crippen MR) is 81.1 cm³/mol. The van der Waals surface area contributed by atoms with Gasteiger partial charge in [0.1, 0.15) is 18.1 Å². The minimum Gasteiger partial charge on any atom is -0.497 e. The van der Waals surface area contributed by atoms with Crippen LogP contribution in [0.2, 0.25) is 0 Å². The highest BCUT2D eigenvalue weighted by molar-refractivity contribution is 5.41. The van der Waals surface area contributed by atoms with Crippen LogP contribution in [-0.4, -0.2) is 13.2 Å². The lowest BCUT2D eigenvalue weighted by molar-refractivity contribution is 0.300. The summed E-state index contributed by atoms with van der Waals surface area (Å²) in [5.74, 6) is 1.63. The number of methoxy groups -OCH3 is 1. The summed E-state index contributed by atoms with van der Waals surface area (Å²) in [6.07, 6.45) is 0.786. The first kappa shape index (κ1) is 14.4. The second kappa shape index (κ2) is 6.96. The average Bonchev–Trinajstić information content (AvgIpc) is 2.47. The maximum Gasteiger partial charge on any atom is 0.126 e. The van der Waals surface area contributed by atoms with Crippen molar-refractivity contribution in [3.8, 4) is 11.5 Å². The predicted octanol–water partition coefficient (Wildman–Crippen LogP) is 3.16. The van der Waals surface area contributed by atoms with Gasteiger partial charge in [-0.1, -0.05) is 36.4 Å². The van der Waals surface area contributed by atoms with E-state index >= 15 is 0 Å². The maximum absolute atomic E-state index is 5.93. The minimum absolute atomic E-state index is 0.0995. The van der Waals surface area contributed by atoms with Gasteiger partial charge in [0.2, 0.25) is 0 Å². The van der Waals surface area contributed by atoms with Crippen LogP contribution in [0.5, 0.6) is 11.5 Å². The lowest BCUT2D eigenvalue weighted by Crippen LogP contribution is -2.18. The van der Waals surface area contributed by atoms with Gasteiger partial charge >= 0.3 is 0 Å².